The summed E-state index contributed by atoms with van der Waals surface area (Å²) in [5.74, 6) is -0.904. The fraction of sp³-hybridized carbons (Fsp3) is 0.500. The molecule has 7 nitrogen and oxygen atoms in total. The van der Waals surface area contributed by atoms with Crippen LogP contribution in [0.2, 0.25) is 0 Å². The molecule has 3 rings (SSSR count). The van der Waals surface area contributed by atoms with Gasteiger partial charge in [0.25, 0.3) is 11.8 Å². The van der Waals surface area contributed by atoms with E-state index in [0.717, 1.165) is 4.90 Å². The van der Waals surface area contributed by atoms with Gasteiger partial charge < -0.3 is 9.80 Å². The van der Waals surface area contributed by atoms with E-state index in [1.807, 2.05) is 13.8 Å². The van der Waals surface area contributed by atoms with E-state index >= 15 is 0 Å². The molecule has 0 aromatic heterocycles. The van der Waals surface area contributed by atoms with Gasteiger partial charge in [0.15, 0.2) is 0 Å². The molecule has 0 aliphatic carbocycles. The van der Waals surface area contributed by atoms with Crippen LogP contribution in [0.25, 0.3) is 0 Å². The lowest BCUT2D eigenvalue weighted by atomic mass is 10.0. The number of hydrogen-bond acceptors (Lipinski definition) is 4. The smallest absolute Gasteiger partial charge is 0.262 e. The largest absolute Gasteiger partial charge is 0.339 e. The molecule has 144 valence electrons. The number of nitrogens with zero attached hydrogens (tertiary/aromatic N) is 3. The van der Waals surface area contributed by atoms with Gasteiger partial charge in [0.05, 0.1) is 11.1 Å². The molecule has 1 fully saturated rings. The molecular weight excluding hydrogens is 346 g/mol. The van der Waals surface area contributed by atoms with Gasteiger partial charge in [-0.15, -0.1) is 0 Å². The van der Waals surface area contributed by atoms with Crippen LogP contribution in [-0.4, -0.2) is 70.5 Å². The van der Waals surface area contributed by atoms with Crippen LogP contribution in [0.4, 0.5) is 0 Å². The first kappa shape index (κ1) is 19.1. The summed E-state index contributed by atoms with van der Waals surface area (Å²) in [6, 6.07) is 5.86. The minimum Gasteiger partial charge on any atom is -0.339 e. The van der Waals surface area contributed by atoms with Crippen molar-refractivity contribution in [2.45, 2.75) is 33.2 Å². The molecule has 27 heavy (non-hydrogen) atoms. The lowest BCUT2D eigenvalue weighted by Crippen LogP contribution is -2.56. The molecule has 2 aliphatic rings. The minimum atomic E-state index is -0.818. The Labute approximate surface area is 158 Å². The first-order valence-corrected chi connectivity index (χ1v) is 9.32. The highest BCUT2D eigenvalue weighted by molar-refractivity contribution is 6.22. The van der Waals surface area contributed by atoms with Gasteiger partial charge in [0.1, 0.15) is 6.04 Å². The highest BCUT2D eigenvalue weighted by Crippen LogP contribution is 2.28. The molecule has 1 saturated heterocycles. The Morgan fingerprint density at radius 1 is 0.926 bits per heavy atom. The average Bonchev–Trinajstić information content (AvgIpc) is 2.90. The molecule has 0 radical (unpaired) electrons. The second-order valence-corrected chi connectivity index (χ2v) is 7.50. The summed E-state index contributed by atoms with van der Waals surface area (Å²) in [6.07, 6.45) is 0.414. The number of hydrogen-bond donors (Lipinski definition) is 0. The second kappa shape index (κ2) is 7.50. The first-order chi connectivity index (χ1) is 12.8. The van der Waals surface area contributed by atoms with Crippen molar-refractivity contribution in [3.8, 4) is 0 Å². The summed E-state index contributed by atoms with van der Waals surface area (Å²) in [6.45, 7) is 7.21. The lowest BCUT2D eigenvalue weighted by Gasteiger charge is -2.37. The van der Waals surface area contributed by atoms with Crippen LogP contribution in [0.5, 0.6) is 0 Å². The van der Waals surface area contributed by atoms with Crippen LogP contribution in [-0.2, 0) is 9.59 Å². The van der Waals surface area contributed by atoms with E-state index in [-0.39, 0.29) is 17.7 Å². The standard InChI is InChI=1S/C20H25N3O4/c1-13(2)12-17(20(27)22-10-8-21(9-11-22)14(3)24)23-18(25)15-6-4-5-7-16(15)19(23)26/h4-7,13,17H,8-12H2,1-3H3/t17-/m0/s1. The molecule has 0 spiro atoms. The molecule has 2 aliphatic heterocycles. The molecule has 1 aromatic rings. The third-order valence-corrected chi connectivity index (χ3v) is 5.15. The van der Waals surface area contributed by atoms with E-state index in [2.05, 4.69) is 0 Å². The van der Waals surface area contributed by atoms with Crippen LogP contribution in [0, 0.1) is 5.92 Å². The number of carbonyl (C=O) groups excluding carboxylic acids is 4. The zero-order chi connectivity index (χ0) is 19.7. The highest BCUT2D eigenvalue weighted by atomic mass is 16.2. The second-order valence-electron chi connectivity index (χ2n) is 7.50. The third-order valence-electron chi connectivity index (χ3n) is 5.15. The summed E-state index contributed by atoms with van der Waals surface area (Å²) in [7, 11) is 0. The predicted molar refractivity (Wildman–Crippen MR) is 99.0 cm³/mol. The van der Waals surface area contributed by atoms with E-state index in [1.165, 1.54) is 6.92 Å². The number of rotatable bonds is 4. The van der Waals surface area contributed by atoms with Crippen molar-refractivity contribution in [2.24, 2.45) is 5.92 Å². The minimum absolute atomic E-state index is 0.0128. The Bertz CT molecular complexity index is 746. The average molecular weight is 371 g/mol. The van der Waals surface area contributed by atoms with Gasteiger partial charge in [0.2, 0.25) is 11.8 Å². The lowest BCUT2D eigenvalue weighted by molar-refractivity contribution is -0.141. The van der Waals surface area contributed by atoms with Gasteiger partial charge in [-0.25, -0.2) is 0 Å². The molecular formula is C20H25N3O4. The summed E-state index contributed by atoms with van der Waals surface area (Å²) in [4.78, 5) is 54.9. The van der Waals surface area contributed by atoms with Gasteiger partial charge in [-0.1, -0.05) is 26.0 Å². The van der Waals surface area contributed by atoms with E-state index in [0.29, 0.717) is 43.7 Å². The molecule has 0 unspecified atom stereocenters. The van der Waals surface area contributed by atoms with Crippen LogP contribution < -0.4 is 0 Å². The molecule has 7 heteroatoms. The quantitative estimate of drug-likeness (QED) is 0.750. The highest BCUT2D eigenvalue weighted by Gasteiger charge is 2.44. The topological polar surface area (TPSA) is 78.0 Å². The van der Waals surface area contributed by atoms with Crippen LogP contribution >= 0.6 is 0 Å². The monoisotopic (exact) mass is 371 g/mol. The fourth-order valence-electron chi connectivity index (χ4n) is 3.71. The molecule has 0 bridgehead atoms. The number of carbonyl (C=O) groups is 4. The maximum Gasteiger partial charge on any atom is 0.262 e. The molecule has 4 amide bonds. The maximum absolute atomic E-state index is 13.2. The Hall–Kier alpha value is -2.70. The van der Waals surface area contributed by atoms with Crippen LogP contribution in [0.15, 0.2) is 24.3 Å². The Balaban J connectivity index is 1.83. The summed E-state index contributed by atoms with van der Waals surface area (Å²) < 4.78 is 0. The van der Waals surface area contributed by atoms with Gasteiger partial charge in [-0.2, -0.15) is 0 Å². The SMILES string of the molecule is CC(=O)N1CCN(C(=O)[C@H](CC(C)C)N2C(=O)c3ccccc3C2=O)CC1. The van der Waals surface area contributed by atoms with Crippen molar-refractivity contribution in [1.82, 2.24) is 14.7 Å². The van der Waals surface area contributed by atoms with Crippen molar-refractivity contribution in [3.05, 3.63) is 35.4 Å². The number of fused-ring (bicyclic) bond motifs is 1. The van der Waals surface area contributed by atoms with Gasteiger partial charge in [-0.05, 0) is 24.5 Å². The van der Waals surface area contributed by atoms with E-state index in [1.54, 1.807) is 34.1 Å². The number of imide groups is 1. The van der Waals surface area contributed by atoms with Crippen LogP contribution in [0.3, 0.4) is 0 Å². The van der Waals surface area contributed by atoms with Gasteiger partial charge in [-0.3, -0.25) is 24.1 Å². The van der Waals surface area contributed by atoms with E-state index in [9.17, 15) is 19.2 Å². The first-order valence-electron chi connectivity index (χ1n) is 9.32. The molecule has 1 atom stereocenters. The number of amides is 4. The fourth-order valence-corrected chi connectivity index (χ4v) is 3.71. The van der Waals surface area contributed by atoms with Crippen molar-refractivity contribution < 1.29 is 19.2 Å². The Morgan fingerprint density at radius 3 is 1.85 bits per heavy atom. The Morgan fingerprint density at radius 2 is 1.41 bits per heavy atom. The molecule has 0 saturated carbocycles. The van der Waals surface area contributed by atoms with Crippen molar-refractivity contribution >= 4 is 23.6 Å². The number of piperazine rings is 1. The predicted octanol–water partition coefficient (Wildman–Crippen LogP) is 1.39. The normalized spacial score (nSPS) is 18.1. The summed E-state index contributed by atoms with van der Waals surface area (Å²) in [5.41, 5.74) is 0.705. The van der Waals surface area contributed by atoms with Crippen molar-refractivity contribution in [1.29, 1.82) is 0 Å². The van der Waals surface area contributed by atoms with E-state index < -0.39 is 17.9 Å². The summed E-state index contributed by atoms with van der Waals surface area (Å²) >= 11 is 0. The third kappa shape index (κ3) is 3.59. The van der Waals surface area contributed by atoms with Gasteiger partial charge in [0, 0.05) is 33.1 Å². The molecule has 2 heterocycles. The zero-order valence-corrected chi connectivity index (χ0v) is 16.0. The van der Waals surface area contributed by atoms with Crippen molar-refractivity contribution in [3.63, 3.8) is 0 Å². The van der Waals surface area contributed by atoms with Crippen LogP contribution in [0.1, 0.15) is 47.9 Å². The molecule has 0 N–H and O–H groups in total. The van der Waals surface area contributed by atoms with Crippen molar-refractivity contribution in [2.75, 3.05) is 26.2 Å². The maximum atomic E-state index is 13.2. The number of benzene rings is 1. The summed E-state index contributed by atoms with van der Waals surface area (Å²) in [5, 5.41) is 0. The molecule has 1 aromatic carbocycles. The Kier molecular flexibility index (Phi) is 5.30. The van der Waals surface area contributed by atoms with E-state index in [4.69, 9.17) is 0 Å². The zero-order valence-electron chi connectivity index (χ0n) is 16.0. The van der Waals surface area contributed by atoms with Gasteiger partial charge >= 0.3 is 0 Å².